The second-order valence-corrected chi connectivity index (χ2v) is 7.86. The minimum absolute atomic E-state index is 0.0933. The Labute approximate surface area is 185 Å². The molecule has 0 radical (unpaired) electrons. The first-order valence-electron chi connectivity index (χ1n) is 10.5. The molecule has 1 atom stereocenters. The summed E-state index contributed by atoms with van der Waals surface area (Å²) in [6.45, 7) is 1.84. The van der Waals surface area contributed by atoms with Gasteiger partial charge < -0.3 is 14.2 Å². The lowest BCUT2D eigenvalue weighted by atomic mass is 10.1. The summed E-state index contributed by atoms with van der Waals surface area (Å²) in [5.41, 5.74) is 3.57. The van der Waals surface area contributed by atoms with Crippen LogP contribution in [-0.4, -0.2) is 43.8 Å². The van der Waals surface area contributed by atoms with Crippen molar-refractivity contribution in [3.8, 4) is 22.6 Å². The van der Waals surface area contributed by atoms with Gasteiger partial charge in [-0.3, -0.25) is 14.3 Å². The number of pyridine rings is 1. The van der Waals surface area contributed by atoms with Crippen LogP contribution < -0.4 is 10.5 Å². The topological polar surface area (TPSA) is 78.1 Å². The second kappa shape index (κ2) is 8.39. The number of hydrogen-bond donors (Lipinski definition) is 0. The van der Waals surface area contributed by atoms with Gasteiger partial charge in [-0.2, -0.15) is 0 Å². The minimum Gasteiger partial charge on any atom is -0.370 e. The maximum Gasteiger partial charge on any atom is 0.255 e. The van der Waals surface area contributed by atoms with E-state index in [-0.39, 0.29) is 11.7 Å². The van der Waals surface area contributed by atoms with E-state index in [0.717, 1.165) is 22.5 Å². The van der Waals surface area contributed by atoms with Crippen molar-refractivity contribution in [1.29, 1.82) is 0 Å². The molecule has 0 spiro atoms. The van der Waals surface area contributed by atoms with Gasteiger partial charge in [0.1, 0.15) is 11.9 Å². The molecule has 1 aromatic carbocycles. The Bertz CT molecular complexity index is 1280. The number of benzene rings is 1. The van der Waals surface area contributed by atoms with E-state index in [1.165, 1.54) is 0 Å². The van der Waals surface area contributed by atoms with E-state index < -0.39 is 0 Å². The van der Waals surface area contributed by atoms with E-state index in [2.05, 4.69) is 39.1 Å². The molecular formula is C24H24N6O2. The average molecular weight is 428 g/mol. The molecule has 5 rings (SSSR count). The minimum atomic E-state index is -0.111. The van der Waals surface area contributed by atoms with E-state index in [1.807, 2.05) is 29.9 Å². The highest BCUT2D eigenvalue weighted by Crippen LogP contribution is 2.27. The van der Waals surface area contributed by atoms with Gasteiger partial charge >= 0.3 is 0 Å². The van der Waals surface area contributed by atoms with Gasteiger partial charge in [-0.1, -0.05) is 24.3 Å². The Morgan fingerprint density at radius 1 is 1.00 bits per heavy atom. The Morgan fingerprint density at radius 3 is 2.50 bits per heavy atom. The van der Waals surface area contributed by atoms with Crippen LogP contribution in [-0.2, 0) is 18.8 Å². The highest BCUT2D eigenvalue weighted by atomic mass is 16.5. The van der Waals surface area contributed by atoms with E-state index in [1.54, 1.807) is 36.3 Å². The summed E-state index contributed by atoms with van der Waals surface area (Å²) in [7, 11) is 3.74. The zero-order valence-corrected chi connectivity index (χ0v) is 18.0. The van der Waals surface area contributed by atoms with Gasteiger partial charge in [-0.15, -0.1) is 0 Å². The standard InChI is InChI=1S/C24H24N6O2/c1-28-12-11-26-23(28)19-5-3-18(4-6-19)21-16-30(13-14-32-21)24-27-20(15-22(31)29(24)2)17-7-9-25-10-8-17/h3-12,15,21H,13-14,16H2,1-2H3. The van der Waals surface area contributed by atoms with Crippen LogP contribution in [0, 0.1) is 0 Å². The van der Waals surface area contributed by atoms with Gasteiger partial charge in [0.2, 0.25) is 5.95 Å². The van der Waals surface area contributed by atoms with Crippen LogP contribution in [0.25, 0.3) is 22.6 Å². The number of aromatic nitrogens is 5. The lowest BCUT2D eigenvalue weighted by molar-refractivity contribution is 0.0390. The summed E-state index contributed by atoms with van der Waals surface area (Å²) in [4.78, 5) is 28.0. The van der Waals surface area contributed by atoms with Crippen LogP contribution in [0.4, 0.5) is 5.95 Å². The Morgan fingerprint density at radius 2 is 1.78 bits per heavy atom. The fraction of sp³-hybridized carbons (Fsp3) is 0.250. The maximum absolute atomic E-state index is 12.6. The number of morpholine rings is 1. The van der Waals surface area contributed by atoms with Crippen molar-refractivity contribution >= 4 is 5.95 Å². The normalized spacial score (nSPS) is 16.3. The smallest absolute Gasteiger partial charge is 0.255 e. The molecule has 1 fully saturated rings. The maximum atomic E-state index is 12.6. The molecule has 3 aromatic heterocycles. The largest absolute Gasteiger partial charge is 0.370 e. The molecule has 0 N–H and O–H groups in total. The van der Waals surface area contributed by atoms with Gasteiger partial charge in [-0.25, -0.2) is 9.97 Å². The molecule has 1 aliphatic rings. The van der Waals surface area contributed by atoms with Crippen LogP contribution in [0.3, 0.4) is 0 Å². The van der Waals surface area contributed by atoms with Crippen molar-refractivity contribution < 1.29 is 4.74 Å². The monoisotopic (exact) mass is 428 g/mol. The fourth-order valence-electron chi connectivity index (χ4n) is 4.00. The van der Waals surface area contributed by atoms with Gasteiger partial charge in [-0.05, 0) is 17.7 Å². The molecule has 1 aliphatic heterocycles. The zero-order valence-electron chi connectivity index (χ0n) is 18.0. The van der Waals surface area contributed by atoms with Gasteiger partial charge in [0.15, 0.2) is 0 Å². The number of hydrogen-bond acceptors (Lipinski definition) is 6. The molecule has 8 heteroatoms. The van der Waals surface area contributed by atoms with Crippen molar-refractivity contribution in [2.75, 3.05) is 24.6 Å². The number of nitrogens with zero attached hydrogens (tertiary/aromatic N) is 6. The van der Waals surface area contributed by atoms with Crippen molar-refractivity contribution in [3.05, 3.63) is 83.2 Å². The third-order valence-electron chi connectivity index (χ3n) is 5.80. The van der Waals surface area contributed by atoms with Gasteiger partial charge in [0.05, 0.1) is 18.8 Å². The molecule has 1 saturated heterocycles. The SMILES string of the molecule is Cn1ccnc1-c1ccc(C2CN(c3nc(-c4ccncc4)cc(=O)n3C)CCO2)cc1. The molecule has 0 aliphatic carbocycles. The highest BCUT2D eigenvalue weighted by molar-refractivity contribution is 5.60. The average Bonchev–Trinajstić information content (AvgIpc) is 3.27. The van der Waals surface area contributed by atoms with Crippen LogP contribution >= 0.6 is 0 Å². The zero-order chi connectivity index (χ0) is 22.1. The third kappa shape index (κ3) is 3.80. The van der Waals surface area contributed by atoms with Gasteiger partial charge in [0, 0.05) is 62.6 Å². The number of aryl methyl sites for hydroxylation is 1. The summed E-state index contributed by atoms with van der Waals surface area (Å²) >= 11 is 0. The molecule has 32 heavy (non-hydrogen) atoms. The summed E-state index contributed by atoms with van der Waals surface area (Å²) in [6, 6.07) is 13.6. The molecule has 162 valence electrons. The molecule has 0 saturated carbocycles. The van der Waals surface area contributed by atoms with Crippen LogP contribution in [0.2, 0.25) is 0 Å². The first kappa shape index (κ1) is 20.1. The van der Waals surface area contributed by atoms with Crippen molar-refractivity contribution in [2.24, 2.45) is 14.1 Å². The van der Waals surface area contributed by atoms with Crippen molar-refractivity contribution in [3.63, 3.8) is 0 Å². The molecule has 1 unspecified atom stereocenters. The predicted octanol–water partition coefficient (Wildman–Crippen LogP) is 2.82. The van der Waals surface area contributed by atoms with Crippen molar-refractivity contribution in [2.45, 2.75) is 6.10 Å². The first-order valence-corrected chi connectivity index (χ1v) is 10.5. The molecular weight excluding hydrogens is 404 g/mol. The molecule has 0 bridgehead atoms. The lowest BCUT2D eigenvalue weighted by Crippen LogP contribution is -2.41. The fourth-order valence-corrected chi connectivity index (χ4v) is 4.00. The molecule has 8 nitrogen and oxygen atoms in total. The van der Waals surface area contributed by atoms with E-state index in [0.29, 0.717) is 31.3 Å². The number of rotatable bonds is 4. The number of ether oxygens (including phenoxy) is 1. The van der Waals surface area contributed by atoms with Crippen LogP contribution in [0.15, 0.2) is 72.0 Å². The lowest BCUT2D eigenvalue weighted by Gasteiger charge is -2.34. The quantitative estimate of drug-likeness (QED) is 0.497. The summed E-state index contributed by atoms with van der Waals surface area (Å²) in [5.74, 6) is 1.57. The molecule has 4 aromatic rings. The van der Waals surface area contributed by atoms with Gasteiger partial charge in [0.25, 0.3) is 5.56 Å². The van der Waals surface area contributed by atoms with E-state index >= 15 is 0 Å². The Kier molecular flexibility index (Phi) is 5.28. The third-order valence-corrected chi connectivity index (χ3v) is 5.80. The number of anilines is 1. The first-order chi connectivity index (χ1) is 15.6. The predicted molar refractivity (Wildman–Crippen MR) is 122 cm³/mol. The second-order valence-electron chi connectivity index (χ2n) is 7.86. The van der Waals surface area contributed by atoms with Crippen molar-refractivity contribution in [1.82, 2.24) is 24.1 Å². The summed E-state index contributed by atoms with van der Waals surface area (Å²) < 4.78 is 9.66. The summed E-state index contributed by atoms with van der Waals surface area (Å²) in [5, 5.41) is 0. The van der Waals surface area contributed by atoms with Crippen LogP contribution in [0.5, 0.6) is 0 Å². The van der Waals surface area contributed by atoms with E-state index in [4.69, 9.17) is 9.72 Å². The number of imidazole rings is 1. The Hall–Kier alpha value is -3.78. The summed E-state index contributed by atoms with van der Waals surface area (Å²) in [6.07, 6.45) is 7.02. The van der Waals surface area contributed by atoms with Crippen LogP contribution in [0.1, 0.15) is 11.7 Å². The highest BCUT2D eigenvalue weighted by Gasteiger charge is 2.25. The molecule has 4 heterocycles. The molecule has 0 amide bonds. The van der Waals surface area contributed by atoms with E-state index in [9.17, 15) is 4.79 Å². The Balaban J connectivity index is 1.41.